The summed E-state index contributed by atoms with van der Waals surface area (Å²) in [5.74, 6) is 3.56. The largest absolute Gasteiger partial charge is 0.464 e. The van der Waals surface area contributed by atoms with Crippen LogP contribution < -0.4 is 0 Å². The van der Waals surface area contributed by atoms with Crippen LogP contribution in [0.4, 0.5) is 0 Å². The van der Waals surface area contributed by atoms with E-state index in [1.54, 1.807) is 11.4 Å². The minimum absolute atomic E-state index is 0.301. The van der Waals surface area contributed by atoms with Crippen LogP contribution in [0.5, 0.6) is 0 Å². The van der Waals surface area contributed by atoms with Crippen LogP contribution in [-0.4, -0.2) is 37.2 Å². The SMILES string of the molecule is CC1CCN(S(=O)(=O)N(C)Cc2ccc([C@H]3C[C@H]3C)o2)CC1. The molecule has 2 atom stereocenters. The van der Waals surface area contributed by atoms with Gasteiger partial charge < -0.3 is 4.42 Å². The van der Waals surface area contributed by atoms with Crippen LogP contribution in [-0.2, 0) is 16.8 Å². The maximum atomic E-state index is 12.6. The molecule has 124 valence electrons. The quantitative estimate of drug-likeness (QED) is 0.836. The van der Waals surface area contributed by atoms with Crippen molar-refractivity contribution in [3.8, 4) is 0 Å². The van der Waals surface area contributed by atoms with Crippen molar-refractivity contribution in [3.05, 3.63) is 23.7 Å². The second-order valence-corrected chi connectivity index (χ2v) is 9.00. The third kappa shape index (κ3) is 3.24. The lowest BCUT2D eigenvalue weighted by Gasteiger charge is -2.32. The molecule has 0 spiro atoms. The van der Waals surface area contributed by atoms with Crippen molar-refractivity contribution in [3.63, 3.8) is 0 Å². The maximum Gasteiger partial charge on any atom is 0.282 e. The molecule has 1 aromatic heterocycles. The third-order valence-corrected chi connectivity index (χ3v) is 6.93. The van der Waals surface area contributed by atoms with E-state index in [2.05, 4.69) is 13.8 Å². The van der Waals surface area contributed by atoms with Crippen LogP contribution >= 0.6 is 0 Å². The minimum atomic E-state index is -3.38. The molecule has 2 heterocycles. The maximum absolute atomic E-state index is 12.6. The molecule has 0 unspecified atom stereocenters. The monoisotopic (exact) mass is 326 g/mol. The topological polar surface area (TPSA) is 53.8 Å². The van der Waals surface area contributed by atoms with E-state index in [4.69, 9.17) is 4.42 Å². The Kier molecular flexibility index (Phi) is 4.36. The summed E-state index contributed by atoms with van der Waals surface area (Å²) >= 11 is 0. The van der Waals surface area contributed by atoms with Gasteiger partial charge in [-0.15, -0.1) is 0 Å². The molecule has 1 aliphatic carbocycles. The number of rotatable bonds is 5. The lowest BCUT2D eigenvalue weighted by atomic mass is 10.0. The zero-order valence-corrected chi connectivity index (χ0v) is 14.5. The number of piperidine rings is 1. The summed E-state index contributed by atoms with van der Waals surface area (Å²) in [7, 11) is -1.75. The highest BCUT2D eigenvalue weighted by Crippen LogP contribution is 2.47. The van der Waals surface area contributed by atoms with Crippen LogP contribution in [0.1, 0.15) is 50.5 Å². The van der Waals surface area contributed by atoms with E-state index in [-0.39, 0.29) is 0 Å². The van der Waals surface area contributed by atoms with Crippen LogP contribution in [0.3, 0.4) is 0 Å². The highest BCUT2D eigenvalue weighted by Gasteiger charge is 2.37. The van der Waals surface area contributed by atoms with Crippen LogP contribution in [0.2, 0.25) is 0 Å². The van der Waals surface area contributed by atoms with E-state index in [0.717, 1.165) is 24.4 Å². The molecular formula is C16H26N2O3S. The molecule has 0 radical (unpaired) electrons. The summed E-state index contributed by atoms with van der Waals surface area (Å²) in [6, 6.07) is 3.90. The lowest BCUT2D eigenvalue weighted by molar-refractivity contribution is 0.266. The Labute approximate surface area is 133 Å². The van der Waals surface area contributed by atoms with Gasteiger partial charge in [-0.3, -0.25) is 0 Å². The first-order chi connectivity index (χ1) is 10.4. The Balaban J connectivity index is 1.63. The van der Waals surface area contributed by atoms with Crippen molar-refractivity contribution in [1.29, 1.82) is 0 Å². The molecule has 0 bridgehead atoms. The molecule has 2 fully saturated rings. The number of hydrogen-bond donors (Lipinski definition) is 0. The molecule has 1 aliphatic heterocycles. The van der Waals surface area contributed by atoms with Crippen molar-refractivity contribution >= 4 is 10.2 Å². The Morgan fingerprint density at radius 3 is 2.50 bits per heavy atom. The highest BCUT2D eigenvalue weighted by atomic mass is 32.2. The standard InChI is InChI=1S/C16H26N2O3S/c1-12-6-8-18(9-7-12)22(19,20)17(3)11-14-4-5-16(21-14)15-10-13(15)2/h4-5,12-13,15H,6-11H2,1-3H3/t13-,15+/m1/s1. The number of nitrogens with zero attached hydrogens (tertiary/aromatic N) is 2. The van der Waals surface area contributed by atoms with Gasteiger partial charge in [0.05, 0.1) is 6.54 Å². The summed E-state index contributed by atoms with van der Waals surface area (Å²) in [6.07, 6.45) is 3.06. The van der Waals surface area contributed by atoms with Crippen molar-refractivity contribution in [1.82, 2.24) is 8.61 Å². The van der Waals surface area contributed by atoms with Gasteiger partial charge in [0.25, 0.3) is 10.2 Å². The van der Waals surface area contributed by atoms with Gasteiger partial charge >= 0.3 is 0 Å². The molecule has 0 amide bonds. The molecule has 6 heteroatoms. The first-order valence-corrected chi connectivity index (χ1v) is 9.57. The fraction of sp³-hybridized carbons (Fsp3) is 0.750. The highest BCUT2D eigenvalue weighted by molar-refractivity contribution is 7.86. The molecule has 2 aliphatic rings. The Bertz CT molecular complexity index is 617. The van der Waals surface area contributed by atoms with Crippen molar-refractivity contribution in [2.45, 2.75) is 45.6 Å². The second-order valence-electron chi connectivity index (χ2n) is 6.97. The predicted molar refractivity (Wildman–Crippen MR) is 85.6 cm³/mol. The third-order valence-electron chi connectivity index (χ3n) is 5.00. The molecule has 22 heavy (non-hydrogen) atoms. The van der Waals surface area contributed by atoms with Gasteiger partial charge in [-0.05, 0) is 43.2 Å². The molecule has 1 saturated heterocycles. The summed E-state index contributed by atoms with van der Waals surface area (Å²) in [6.45, 7) is 5.93. The van der Waals surface area contributed by atoms with Crippen molar-refractivity contribution < 1.29 is 12.8 Å². The molecular weight excluding hydrogens is 300 g/mol. The Hall–Kier alpha value is -0.850. The zero-order chi connectivity index (χ0) is 15.9. The number of furan rings is 1. The van der Waals surface area contributed by atoms with Crippen LogP contribution in [0.25, 0.3) is 0 Å². The molecule has 3 rings (SSSR count). The second kappa shape index (κ2) is 5.98. The summed E-state index contributed by atoms with van der Waals surface area (Å²) in [5, 5.41) is 0. The summed E-state index contributed by atoms with van der Waals surface area (Å²) in [5.41, 5.74) is 0. The van der Waals surface area contributed by atoms with Crippen LogP contribution in [0.15, 0.2) is 16.5 Å². The minimum Gasteiger partial charge on any atom is -0.464 e. The average Bonchev–Trinajstić information content (AvgIpc) is 3.02. The first-order valence-electron chi connectivity index (χ1n) is 8.18. The van der Waals surface area contributed by atoms with Crippen LogP contribution in [0, 0.1) is 11.8 Å². The molecule has 5 nitrogen and oxygen atoms in total. The van der Waals surface area contributed by atoms with Gasteiger partial charge in [-0.25, -0.2) is 0 Å². The molecule has 0 N–H and O–H groups in total. The fourth-order valence-electron chi connectivity index (χ4n) is 3.11. The summed E-state index contributed by atoms with van der Waals surface area (Å²) in [4.78, 5) is 0. The number of hydrogen-bond acceptors (Lipinski definition) is 3. The van der Waals surface area contributed by atoms with Crippen molar-refractivity contribution in [2.24, 2.45) is 11.8 Å². The summed E-state index contributed by atoms with van der Waals surface area (Å²) < 4.78 is 34.0. The van der Waals surface area contributed by atoms with E-state index in [1.165, 1.54) is 10.7 Å². The molecule has 1 saturated carbocycles. The molecule has 1 aromatic rings. The van der Waals surface area contributed by atoms with E-state index < -0.39 is 10.2 Å². The Morgan fingerprint density at radius 2 is 1.91 bits per heavy atom. The van der Waals surface area contributed by atoms with E-state index in [0.29, 0.717) is 37.4 Å². The van der Waals surface area contributed by atoms with E-state index in [1.807, 2.05) is 12.1 Å². The van der Waals surface area contributed by atoms with E-state index in [9.17, 15) is 8.42 Å². The molecule has 0 aromatic carbocycles. The predicted octanol–water partition coefficient (Wildman–Crippen LogP) is 2.81. The first kappa shape index (κ1) is 16.0. The van der Waals surface area contributed by atoms with Gasteiger partial charge in [0.2, 0.25) is 0 Å². The smallest absolute Gasteiger partial charge is 0.282 e. The van der Waals surface area contributed by atoms with Crippen molar-refractivity contribution in [2.75, 3.05) is 20.1 Å². The van der Waals surface area contributed by atoms with Gasteiger partial charge in [0, 0.05) is 26.1 Å². The van der Waals surface area contributed by atoms with E-state index >= 15 is 0 Å². The Morgan fingerprint density at radius 1 is 1.27 bits per heavy atom. The van der Waals surface area contributed by atoms with Gasteiger partial charge in [0.15, 0.2) is 0 Å². The average molecular weight is 326 g/mol. The zero-order valence-electron chi connectivity index (χ0n) is 13.7. The van der Waals surface area contributed by atoms with Gasteiger partial charge in [-0.1, -0.05) is 13.8 Å². The van der Waals surface area contributed by atoms with Gasteiger partial charge in [0.1, 0.15) is 11.5 Å². The van der Waals surface area contributed by atoms with Gasteiger partial charge in [-0.2, -0.15) is 17.0 Å². The lowest BCUT2D eigenvalue weighted by Crippen LogP contribution is -2.45. The fourth-order valence-corrected chi connectivity index (χ4v) is 4.47. The normalized spacial score (nSPS) is 27.5.